The summed E-state index contributed by atoms with van der Waals surface area (Å²) in [5.41, 5.74) is 2.92. The van der Waals surface area contributed by atoms with Crippen LogP contribution in [0.2, 0.25) is 0 Å². The Morgan fingerprint density at radius 2 is 1.70 bits per heavy atom. The Morgan fingerprint density at radius 3 is 2.35 bits per heavy atom. The second-order valence-corrected chi connectivity index (χ2v) is 8.91. The van der Waals surface area contributed by atoms with Crippen LogP contribution in [0, 0.1) is 11.7 Å². The van der Waals surface area contributed by atoms with Gasteiger partial charge in [0.05, 0.1) is 25.9 Å². The van der Waals surface area contributed by atoms with E-state index in [0.29, 0.717) is 34.7 Å². The van der Waals surface area contributed by atoms with Gasteiger partial charge in [-0.05, 0) is 56.5 Å². The number of esters is 2. The van der Waals surface area contributed by atoms with Gasteiger partial charge in [-0.15, -0.1) is 0 Å². The minimum Gasteiger partial charge on any atom is -0.496 e. The number of nitrogens with one attached hydrogen (secondary N) is 1. The third kappa shape index (κ3) is 4.88. The van der Waals surface area contributed by atoms with Crippen molar-refractivity contribution in [2.75, 3.05) is 20.3 Å². The van der Waals surface area contributed by atoms with E-state index in [-0.39, 0.29) is 24.4 Å². The molecule has 1 N–H and O–H groups in total. The van der Waals surface area contributed by atoms with Gasteiger partial charge in [-0.2, -0.15) is 0 Å². The highest BCUT2D eigenvalue weighted by Crippen LogP contribution is 2.49. The van der Waals surface area contributed by atoms with E-state index >= 15 is 0 Å². The molecule has 0 radical (unpaired) electrons. The van der Waals surface area contributed by atoms with E-state index < -0.39 is 41.3 Å². The van der Waals surface area contributed by atoms with Crippen molar-refractivity contribution in [3.63, 3.8) is 0 Å². The maximum absolute atomic E-state index is 14.3. The average Bonchev–Trinajstić information content (AvgIpc) is 2.88. The fourth-order valence-electron chi connectivity index (χ4n) is 5.27. The summed E-state index contributed by atoms with van der Waals surface area (Å²) >= 11 is 0. The molecule has 2 aromatic rings. The second-order valence-electron chi connectivity index (χ2n) is 8.91. The number of methoxy groups -OCH3 is 1. The molecule has 0 bridgehead atoms. The molecule has 2 aliphatic rings. The number of Topliss-reactive ketones (excluding diaryl/α,β-unsaturated/α-hetero) is 1. The van der Waals surface area contributed by atoms with Gasteiger partial charge in [0.2, 0.25) is 0 Å². The number of benzene rings is 2. The molecule has 1 heterocycles. The van der Waals surface area contributed by atoms with Gasteiger partial charge in [0.1, 0.15) is 17.5 Å². The van der Waals surface area contributed by atoms with Crippen molar-refractivity contribution >= 4 is 17.7 Å². The first-order valence-corrected chi connectivity index (χ1v) is 12.3. The molecule has 194 valence electrons. The average molecular weight is 508 g/mol. The van der Waals surface area contributed by atoms with Crippen LogP contribution in [-0.2, 0) is 23.9 Å². The van der Waals surface area contributed by atoms with Crippen LogP contribution in [0.4, 0.5) is 4.39 Å². The Kier molecular flexibility index (Phi) is 7.76. The first-order chi connectivity index (χ1) is 17.8. The SMILES string of the molecule is CCOC(=O)C1=C(C)NC2=C(C(=O)[C@H](C(=O)OCC)[C@@H](c3ccccc3OC)C2)[C@H]1c1ccc(F)cc1. The summed E-state index contributed by atoms with van der Waals surface area (Å²) in [4.78, 5) is 40.6. The maximum Gasteiger partial charge on any atom is 0.336 e. The predicted octanol–water partition coefficient (Wildman–Crippen LogP) is 4.55. The zero-order valence-corrected chi connectivity index (χ0v) is 21.3. The number of allylic oxidation sites excluding steroid dienone is 3. The third-order valence-corrected chi connectivity index (χ3v) is 6.80. The quantitative estimate of drug-likeness (QED) is 0.434. The molecule has 0 saturated carbocycles. The summed E-state index contributed by atoms with van der Waals surface area (Å²) in [7, 11) is 1.54. The topological polar surface area (TPSA) is 90.9 Å². The fourth-order valence-corrected chi connectivity index (χ4v) is 5.27. The predicted molar refractivity (Wildman–Crippen MR) is 134 cm³/mol. The van der Waals surface area contributed by atoms with E-state index in [1.54, 1.807) is 39.0 Å². The number of hydrogen-bond acceptors (Lipinski definition) is 7. The molecule has 4 rings (SSSR count). The van der Waals surface area contributed by atoms with E-state index in [1.807, 2.05) is 18.2 Å². The van der Waals surface area contributed by atoms with Gasteiger partial charge in [-0.1, -0.05) is 30.3 Å². The number of ketones is 1. The lowest BCUT2D eigenvalue weighted by Gasteiger charge is -2.39. The highest BCUT2D eigenvalue weighted by molar-refractivity contribution is 6.13. The summed E-state index contributed by atoms with van der Waals surface area (Å²) < 4.78 is 30.0. The van der Waals surface area contributed by atoms with Crippen molar-refractivity contribution in [2.24, 2.45) is 5.92 Å². The summed E-state index contributed by atoms with van der Waals surface area (Å²) in [6.07, 6.45) is 0.302. The van der Waals surface area contributed by atoms with E-state index in [4.69, 9.17) is 14.2 Å². The van der Waals surface area contributed by atoms with Crippen LogP contribution in [0.1, 0.15) is 50.2 Å². The molecule has 0 spiro atoms. The highest BCUT2D eigenvalue weighted by Gasteiger charge is 2.49. The molecule has 0 amide bonds. The van der Waals surface area contributed by atoms with Crippen LogP contribution >= 0.6 is 0 Å². The molecule has 0 unspecified atom stereocenters. The summed E-state index contributed by atoms with van der Waals surface area (Å²) in [5, 5.41) is 3.25. The van der Waals surface area contributed by atoms with Crippen LogP contribution in [0.5, 0.6) is 5.75 Å². The summed E-state index contributed by atoms with van der Waals surface area (Å²) in [6.45, 7) is 5.38. The summed E-state index contributed by atoms with van der Waals surface area (Å²) in [6, 6.07) is 12.9. The Labute approximate surface area is 215 Å². The van der Waals surface area contributed by atoms with Crippen LogP contribution in [-0.4, -0.2) is 38.0 Å². The molecule has 0 aromatic heterocycles. The van der Waals surface area contributed by atoms with Gasteiger partial charge >= 0.3 is 11.9 Å². The molecule has 1 aliphatic carbocycles. The zero-order valence-electron chi connectivity index (χ0n) is 21.3. The standard InChI is InChI=1S/C29H30FNO6/c1-5-36-28(33)23-16(3)31-21-15-20(19-9-7-8-10-22(19)35-4)25(29(34)37-6-2)27(32)26(21)24(23)17-11-13-18(30)14-12-17/h7-14,20,24-25,31H,5-6,15H2,1-4H3/t20-,24+,25-/m1/s1. The minimum atomic E-state index is -1.15. The molecular weight excluding hydrogens is 477 g/mol. The number of halogens is 1. The first kappa shape index (κ1) is 26.1. The zero-order chi connectivity index (χ0) is 26.7. The number of para-hydroxylation sites is 1. The van der Waals surface area contributed by atoms with Gasteiger partial charge in [0, 0.05) is 28.8 Å². The molecule has 1 aliphatic heterocycles. The number of rotatable bonds is 7. The molecule has 0 saturated heterocycles. The van der Waals surface area contributed by atoms with E-state index in [1.165, 1.54) is 19.2 Å². The van der Waals surface area contributed by atoms with Crippen molar-refractivity contribution in [3.05, 3.63) is 88.0 Å². The number of carbonyl (C=O) groups excluding carboxylic acids is 3. The fraction of sp³-hybridized carbons (Fsp3) is 0.345. The van der Waals surface area contributed by atoms with Crippen molar-refractivity contribution in [1.29, 1.82) is 0 Å². The number of carbonyl (C=O) groups is 3. The van der Waals surface area contributed by atoms with Crippen molar-refractivity contribution < 1.29 is 33.0 Å². The molecule has 2 aromatic carbocycles. The van der Waals surface area contributed by atoms with Gasteiger partial charge in [0.25, 0.3) is 0 Å². The summed E-state index contributed by atoms with van der Waals surface area (Å²) in [5.74, 6) is -4.10. The van der Waals surface area contributed by atoms with E-state index in [2.05, 4.69) is 5.32 Å². The number of dihydropyridines is 1. The molecule has 37 heavy (non-hydrogen) atoms. The largest absolute Gasteiger partial charge is 0.496 e. The Bertz CT molecular complexity index is 1280. The Hall–Kier alpha value is -3.94. The maximum atomic E-state index is 14.3. The smallest absolute Gasteiger partial charge is 0.336 e. The molecule has 7 nitrogen and oxygen atoms in total. The second kappa shape index (κ2) is 11.0. The van der Waals surface area contributed by atoms with Crippen molar-refractivity contribution in [2.45, 2.75) is 39.0 Å². The Morgan fingerprint density at radius 1 is 1.03 bits per heavy atom. The molecule has 3 atom stereocenters. The van der Waals surface area contributed by atoms with Crippen LogP contribution in [0.15, 0.2) is 71.1 Å². The molecule has 8 heteroatoms. The van der Waals surface area contributed by atoms with E-state index in [0.717, 1.165) is 0 Å². The third-order valence-electron chi connectivity index (χ3n) is 6.80. The number of ether oxygens (including phenoxy) is 3. The molecule has 0 fully saturated rings. The lowest BCUT2D eigenvalue weighted by Crippen LogP contribution is -2.43. The van der Waals surface area contributed by atoms with Crippen molar-refractivity contribution in [3.8, 4) is 5.75 Å². The van der Waals surface area contributed by atoms with Gasteiger partial charge in [-0.3, -0.25) is 9.59 Å². The van der Waals surface area contributed by atoms with Crippen LogP contribution < -0.4 is 10.1 Å². The molecular formula is C29H30FNO6. The lowest BCUT2D eigenvalue weighted by atomic mass is 9.67. The van der Waals surface area contributed by atoms with E-state index in [9.17, 15) is 18.8 Å². The van der Waals surface area contributed by atoms with Crippen molar-refractivity contribution in [1.82, 2.24) is 5.32 Å². The lowest BCUT2D eigenvalue weighted by molar-refractivity contribution is -0.152. The first-order valence-electron chi connectivity index (χ1n) is 12.3. The van der Waals surface area contributed by atoms with Crippen LogP contribution in [0.3, 0.4) is 0 Å². The monoisotopic (exact) mass is 507 g/mol. The van der Waals surface area contributed by atoms with Gasteiger partial charge in [0.15, 0.2) is 5.78 Å². The highest BCUT2D eigenvalue weighted by atomic mass is 19.1. The Balaban J connectivity index is 1.91. The minimum absolute atomic E-state index is 0.111. The normalized spacial score (nSPS) is 21.2. The number of hydrogen-bond donors (Lipinski definition) is 1. The van der Waals surface area contributed by atoms with Gasteiger partial charge < -0.3 is 19.5 Å². The van der Waals surface area contributed by atoms with Gasteiger partial charge in [-0.25, -0.2) is 9.18 Å². The van der Waals surface area contributed by atoms with Crippen LogP contribution in [0.25, 0.3) is 0 Å².